The quantitative estimate of drug-likeness (QED) is 0.520. The summed E-state index contributed by atoms with van der Waals surface area (Å²) in [6.07, 6.45) is 7.26. The van der Waals surface area contributed by atoms with Crippen LogP contribution in [0.5, 0.6) is 0 Å². The minimum absolute atomic E-state index is 0.136. The highest BCUT2D eigenvalue weighted by molar-refractivity contribution is 5.50. The van der Waals surface area contributed by atoms with Crippen LogP contribution in [-0.4, -0.2) is 44.8 Å². The van der Waals surface area contributed by atoms with Gasteiger partial charge in [-0.15, -0.1) is 0 Å². The molecule has 4 heteroatoms. The third-order valence-electron chi connectivity index (χ3n) is 9.94. The highest BCUT2D eigenvalue weighted by Crippen LogP contribution is 2.64. The molecule has 0 bridgehead atoms. The SMILES string of the molecule is CC(C)[C@@H](O)CC[C@@H](C)[C@H]1CC=C2C3=C(CC[C@@]21C)[C@@]1(C)CC[C@H](O)[C@H](O)[C@@H]1[C@@H](O)C3. The van der Waals surface area contributed by atoms with E-state index in [1.807, 2.05) is 0 Å². The molecule has 0 aromatic rings. The molecule has 0 spiro atoms. The molecule has 1 fully saturated rings. The Morgan fingerprint density at radius 3 is 2.39 bits per heavy atom. The fraction of sp³-hybridized carbons (Fsp3) is 0.852. The molecular weight excluding hydrogens is 388 g/mol. The summed E-state index contributed by atoms with van der Waals surface area (Å²) in [6.45, 7) is 11.2. The smallest absolute Gasteiger partial charge is 0.0860 e. The van der Waals surface area contributed by atoms with Gasteiger partial charge in [0.25, 0.3) is 0 Å². The lowest BCUT2D eigenvalue weighted by atomic mass is 9.50. The van der Waals surface area contributed by atoms with Crippen LogP contribution in [0.15, 0.2) is 22.8 Å². The van der Waals surface area contributed by atoms with E-state index >= 15 is 0 Å². The second-order valence-corrected chi connectivity index (χ2v) is 12.0. The molecule has 0 aromatic carbocycles. The van der Waals surface area contributed by atoms with Crippen molar-refractivity contribution in [2.45, 2.75) is 110 Å². The van der Waals surface area contributed by atoms with E-state index in [9.17, 15) is 20.4 Å². The van der Waals surface area contributed by atoms with E-state index in [1.165, 1.54) is 16.7 Å². The van der Waals surface area contributed by atoms with E-state index in [1.54, 1.807) is 0 Å². The second kappa shape index (κ2) is 8.27. The first-order chi connectivity index (χ1) is 14.5. The van der Waals surface area contributed by atoms with E-state index in [4.69, 9.17) is 0 Å². The van der Waals surface area contributed by atoms with E-state index in [0.717, 1.165) is 38.5 Å². The van der Waals surface area contributed by atoms with Crippen LogP contribution in [0.25, 0.3) is 0 Å². The lowest BCUT2D eigenvalue weighted by molar-refractivity contribution is -0.133. The van der Waals surface area contributed by atoms with Crippen molar-refractivity contribution in [1.82, 2.24) is 0 Å². The maximum absolute atomic E-state index is 11.1. The van der Waals surface area contributed by atoms with Crippen LogP contribution >= 0.6 is 0 Å². The summed E-state index contributed by atoms with van der Waals surface area (Å²) in [4.78, 5) is 0. The summed E-state index contributed by atoms with van der Waals surface area (Å²) >= 11 is 0. The van der Waals surface area contributed by atoms with E-state index in [0.29, 0.717) is 30.6 Å². The second-order valence-electron chi connectivity index (χ2n) is 12.0. The first-order valence-electron chi connectivity index (χ1n) is 12.7. The monoisotopic (exact) mass is 432 g/mol. The minimum atomic E-state index is -0.839. The Morgan fingerprint density at radius 1 is 1.00 bits per heavy atom. The van der Waals surface area contributed by atoms with Gasteiger partial charge < -0.3 is 20.4 Å². The molecule has 0 saturated heterocycles. The summed E-state index contributed by atoms with van der Waals surface area (Å²) < 4.78 is 0. The van der Waals surface area contributed by atoms with Crippen molar-refractivity contribution in [2.24, 2.45) is 34.5 Å². The zero-order chi connectivity index (χ0) is 22.7. The van der Waals surface area contributed by atoms with Gasteiger partial charge in [0.2, 0.25) is 0 Å². The van der Waals surface area contributed by atoms with Crippen molar-refractivity contribution in [3.05, 3.63) is 22.8 Å². The van der Waals surface area contributed by atoms with Crippen molar-refractivity contribution in [3.63, 3.8) is 0 Å². The molecule has 4 aliphatic rings. The van der Waals surface area contributed by atoms with Crippen LogP contribution in [0.3, 0.4) is 0 Å². The zero-order valence-electron chi connectivity index (χ0n) is 20.1. The summed E-state index contributed by atoms with van der Waals surface area (Å²) in [7, 11) is 0. The van der Waals surface area contributed by atoms with E-state index < -0.39 is 18.3 Å². The summed E-state index contributed by atoms with van der Waals surface area (Å²) in [6, 6.07) is 0. The van der Waals surface area contributed by atoms with Crippen LogP contribution < -0.4 is 0 Å². The molecule has 0 heterocycles. The van der Waals surface area contributed by atoms with E-state index in [2.05, 4.69) is 40.7 Å². The maximum Gasteiger partial charge on any atom is 0.0860 e. The van der Waals surface area contributed by atoms with Crippen LogP contribution in [0, 0.1) is 34.5 Å². The Balaban J connectivity index is 1.59. The van der Waals surface area contributed by atoms with Crippen molar-refractivity contribution in [2.75, 3.05) is 0 Å². The molecule has 0 aliphatic heterocycles. The molecule has 31 heavy (non-hydrogen) atoms. The third kappa shape index (κ3) is 3.66. The van der Waals surface area contributed by atoms with Crippen molar-refractivity contribution < 1.29 is 20.4 Å². The van der Waals surface area contributed by atoms with Crippen molar-refractivity contribution in [3.8, 4) is 0 Å². The molecule has 4 nitrogen and oxygen atoms in total. The predicted octanol–water partition coefficient (Wildman–Crippen LogP) is 4.37. The van der Waals surface area contributed by atoms with Gasteiger partial charge in [-0.25, -0.2) is 0 Å². The number of aliphatic hydroxyl groups is 4. The average Bonchev–Trinajstić information content (AvgIpc) is 3.06. The average molecular weight is 433 g/mol. The molecule has 0 unspecified atom stereocenters. The molecule has 0 aromatic heterocycles. The Kier molecular flexibility index (Phi) is 6.26. The molecule has 4 aliphatic carbocycles. The number of fused-ring (bicyclic) bond motifs is 4. The van der Waals surface area contributed by atoms with Crippen molar-refractivity contribution >= 4 is 0 Å². The normalized spacial score (nSPS) is 44.5. The topological polar surface area (TPSA) is 80.9 Å². The highest BCUT2D eigenvalue weighted by Gasteiger charge is 2.57. The largest absolute Gasteiger partial charge is 0.393 e. The maximum atomic E-state index is 11.1. The van der Waals surface area contributed by atoms with Gasteiger partial charge in [-0.1, -0.05) is 46.3 Å². The minimum Gasteiger partial charge on any atom is -0.393 e. The Morgan fingerprint density at radius 2 is 1.71 bits per heavy atom. The molecule has 4 rings (SSSR count). The lowest BCUT2D eigenvalue weighted by Gasteiger charge is -2.56. The van der Waals surface area contributed by atoms with Gasteiger partial charge in [0, 0.05) is 5.92 Å². The standard InChI is InChI=1S/C27H44O4/c1-15(2)21(28)9-6-16(3)18-7-8-19-17-14-23(30)24-25(31)22(29)11-13-27(24,5)20(17)10-12-26(18,19)4/h8,15-16,18,21-25,28-31H,6-7,9-14H2,1-5H3/t16-,18-,21+,22+,23+,24+,25+,26-,27-/m1/s1. The number of hydrogen-bond donors (Lipinski definition) is 4. The third-order valence-corrected chi connectivity index (χ3v) is 9.94. The Bertz CT molecular complexity index is 754. The van der Waals surface area contributed by atoms with E-state index in [-0.39, 0.29) is 22.9 Å². The summed E-state index contributed by atoms with van der Waals surface area (Å²) in [5.41, 5.74) is 4.17. The predicted molar refractivity (Wildman–Crippen MR) is 123 cm³/mol. The molecule has 0 amide bonds. The number of allylic oxidation sites excluding steroid dienone is 3. The first kappa shape index (κ1) is 23.5. The molecular formula is C27H44O4. The number of hydrogen-bond acceptors (Lipinski definition) is 4. The van der Waals surface area contributed by atoms with Crippen LogP contribution in [-0.2, 0) is 0 Å². The van der Waals surface area contributed by atoms with Crippen LogP contribution in [0.1, 0.15) is 86.0 Å². The zero-order valence-corrected chi connectivity index (χ0v) is 20.1. The van der Waals surface area contributed by atoms with Gasteiger partial charge >= 0.3 is 0 Å². The summed E-state index contributed by atoms with van der Waals surface area (Å²) in [5, 5.41) is 42.4. The van der Waals surface area contributed by atoms with Gasteiger partial charge in [-0.05, 0) is 91.1 Å². The van der Waals surface area contributed by atoms with Crippen LogP contribution in [0.4, 0.5) is 0 Å². The first-order valence-corrected chi connectivity index (χ1v) is 12.7. The van der Waals surface area contributed by atoms with Crippen molar-refractivity contribution in [1.29, 1.82) is 0 Å². The Hall–Kier alpha value is -0.680. The van der Waals surface area contributed by atoms with Gasteiger partial charge in [0.1, 0.15) is 0 Å². The fourth-order valence-electron chi connectivity index (χ4n) is 7.86. The van der Waals surface area contributed by atoms with Gasteiger partial charge in [-0.3, -0.25) is 0 Å². The summed E-state index contributed by atoms with van der Waals surface area (Å²) in [5.74, 6) is 1.17. The molecule has 0 radical (unpaired) electrons. The number of rotatable bonds is 5. The molecule has 1 saturated carbocycles. The van der Waals surface area contributed by atoms with Gasteiger partial charge in [0.05, 0.1) is 24.4 Å². The lowest BCUT2D eigenvalue weighted by Crippen LogP contribution is -2.56. The Labute approximate surface area is 188 Å². The molecule has 9 atom stereocenters. The molecule has 176 valence electrons. The van der Waals surface area contributed by atoms with Gasteiger partial charge in [-0.2, -0.15) is 0 Å². The highest BCUT2D eigenvalue weighted by atomic mass is 16.3. The molecule has 4 N–H and O–H groups in total. The fourth-order valence-corrected chi connectivity index (χ4v) is 7.86. The van der Waals surface area contributed by atoms with Gasteiger partial charge in [0.15, 0.2) is 0 Å². The number of aliphatic hydroxyl groups excluding tert-OH is 4. The van der Waals surface area contributed by atoms with Crippen LogP contribution in [0.2, 0.25) is 0 Å².